The molecule has 6 nitrogen and oxygen atoms in total. The van der Waals surface area contributed by atoms with Gasteiger partial charge in [0.2, 0.25) is 5.91 Å². The second kappa shape index (κ2) is 6.70. The van der Waals surface area contributed by atoms with Crippen molar-refractivity contribution in [2.75, 3.05) is 19.6 Å². The van der Waals surface area contributed by atoms with Crippen molar-refractivity contribution in [2.24, 2.45) is 5.41 Å². The van der Waals surface area contributed by atoms with E-state index in [1.807, 2.05) is 0 Å². The van der Waals surface area contributed by atoms with E-state index >= 15 is 0 Å². The molecule has 1 aromatic rings. The number of amides is 2. The van der Waals surface area contributed by atoms with Crippen LogP contribution in [0.25, 0.3) is 0 Å². The molecule has 0 aromatic heterocycles. The Labute approximate surface area is 151 Å². The molecule has 1 aromatic carbocycles. The van der Waals surface area contributed by atoms with Gasteiger partial charge in [0, 0.05) is 32.1 Å². The van der Waals surface area contributed by atoms with Crippen LogP contribution in [0.3, 0.4) is 0 Å². The van der Waals surface area contributed by atoms with Gasteiger partial charge in [-0.3, -0.25) is 9.59 Å². The predicted octanol–water partition coefficient (Wildman–Crippen LogP) is 2.06. The van der Waals surface area contributed by atoms with Crippen LogP contribution in [0.4, 0.5) is 4.39 Å². The molecule has 0 bridgehead atoms. The lowest BCUT2D eigenvalue weighted by atomic mass is 9.76. The molecule has 26 heavy (non-hydrogen) atoms. The molecule has 2 aliphatic rings. The average molecular weight is 362 g/mol. The Kier molecular flexibility index (Phi) is 4.73. The molecule has 0 aliphatic carbocycles. The summed E-state index contributed by atoms with van der Waals surface area (Å²) in [6.07, 6.45) is 1.70. The highest BCUT2D eigenvalue weighted by Crippen LogP contribution is 2.43. The maximum atomic E-state index is 13.5. The Bertz CT molecular complexity index is 732. The van der Waals surface area contributed by atoms with Crippen LogP contribution in [-0.2, 0) is 9.59 Å². The van der Waals surface area contributed by atoms with Gasteiger partial charge in [-0.25, -0.2) is 9.18 Å². The largest absolute Gasteiger partial charge is 0.480 e. The smallest absolute Gasteiger partial charge is 0.326 e. The average Bonchev–Trinajstić information content (AvgIpc) is 2.97. The number of hydrogen-bond donors (Lipinski definition) is 1. The molecule has 0 saturated carbocycles. The molecule has 1 N–H and O–H groups in total. The zero-order chi connectivity index (χ0) is 19.1. The molecule has 0 unspecified atom stereocenters. The topological polar surface area (TPSA) is 77.9 Å². The lowest BCUT2D eigenvalue weighted by Crippen LogP contribution is -2.44. The van der Waals surface area contributed by atoms with Crippen molar-refractivity contribution in [3.63, 3.8) is 0 Å². The van der Waals surface area contributed by atoms with Crippen LogP contribution in [0.15, 0.2) is 18.2 Å². The van der Waals surface area contributed by atoms with Crippen LogP contribution in [0.1, 0.15) is 42.1 Å². The molecule has 1 atom stereocenters. The zero-order valence-electron chi connectivity index (χ0n) is 15.0. The van der Waals surface area contributed by atoms with Gasteiger partial charge < -0.3 is 14.9 Å². The third-order valence-corrected chi connectivity index (χ3v) is 5.74. The van der Waals surface area contributed by atoms with Gasteiger partial charge >= 0.3 is 5.97 Å². The van der Waals surface area contributed by atoms with Crippen LogP contribution < -0.4 is 0 Å². The minimum atomic E-state index is -0.981. The van der Waals surface area contributed by atoms with Gasteiger partial charge in [-0.2, -0.15) is 0 Å². The minimum absolute atomic E-state index is 0.201. The summed E-state index contributed by atoms with van der Waals surface area (Å²) >= 11 is 0. The molecule has 3 rings (SSSR count). The van der Waals surface area contributed by atoms with Crippen molar-refractivity contribution in [2.45, 2.75) is 39.2 Å². The van der Waals surface area contributed by atoms with Gasteiger partial charge in [-0.05, 0) is 49.3 Å². The number of carboxylic acid groups (broad SMARTS) is 1. The molecule has 1 spiro atoms. The highest BCUT2D eigenvalue weighted by Gasteiger charge is 2.49. The highest BCUT2D eigenvalue weighted by atomic mass is 19.1. The van der Waals surface area contributed by atoms with Crippen molar-refractivity contribution >= 4 is 17.8 Å². The maximum Gasteiger partial charge on any atom is 0.326 e. The minimum Gasteiger partial charge on any atom is -0.480 e. The SMILES string of the molecule is CC(=O)N1CC2(CCN(C(=O)c3cc(F)ccc3C)CC2)C[C@@H]1C(=O)O. The number of aliphatic carboxylic acids is 1. The summed E-state index contributed by atoms with van der Waals surface area (Å²) in [7, 11) is 0. The summed E-state index contributed by atoms with van der Waals surface area (Å²) in [6.45, 7) is 4.54. The van der Waals surface area contributed by atoms with Gasteiger partial charge in [0.05, 0.1) is 0 Å². The highest BCUT2D eigenvalue weighted by molar-refractivity contribution is 5.95. The van der Waals surface area contributed by atoms with Crippen molar-refractivity contribution in [3.8, 4) is 0 Å². The molecular weight excluding hydrogens is 339 g/mol. The monoisotopic (exact) mass is 362 g/mol. The first-order valence-electron chi connectivity index (χ1n) is 8.78. The number of likely N-dealkylation sites (tertiary alicyclic amines) is 2. The Hall–Kier alpha value is -2.44. The first-order valence-corrected chi connectivity index (χ1v) is 8.78. The standard InChI is InChI=1S/C19H23FN2O4/c1-12-3-4-14(20)9-15(12)17(24)21-7-5-19(6-8-21)10-16(18(25)26)22(11-19)13(2)23/h3-4,9,16H,5-8,10-11H2,1-2H3,(H,25,26)/t16-/m1/s1. The van der Waals surface area contributed by atoms with E-state index in [1.165, 1.54) is 24.0 Å². The van der Waals surface area contributed by atoms with E-state index in [-0.39, 0.29) is 17.2 Å². The number of rotatable bonds is 2. The van der Waals surface area contributed by atoms with Gasteiger partial charge in [0.1, 0.15) is 11.9 Å². The number of piperidine rings is 1. The summed E-state index contributed by atoms with van der Waals surface area (Å²) in [5, 5.41) is 9.40. The molecule has 2 saturated heterocycles. The molecule has 2 fully saturated rings. The van der Waals surface area contributed by atoms with Crippen LogP contribution in [0.5, 0.6) is 0 Å². The summed E-state index contributed by atoms with van der Waals surface area (Å²) in [5.74, 6) is -1.85. The number of carbonyl (C=O) groups excluding carboxylic acids is 2. The first-order chi connectivity index (χ1) is 12.2. The van der Waals surface area contributed by atoms with E-state index in [0.717, 1.165) is 5.56 Å². The fraction of sp³-hybridized carbons (Fsp3) is 0.526. The van der Waals surface area contributed by atoms with Crippen LogP contribution in [0, 0.1) is 18.2 Å². The molecule has 2 heterocycles. The zero-order valence-corrected chi connectivity index (χ0v) is 15.0. The normalized spacial score (nSPS) is 21.9. The third-order valence-electron chi connectivity index (χ3n) is 5.74. The number of aryl methyl sites for hydroxylation is 1. The van der Waals surface area contributed by atoms with Crippen LogP contribution in [-0.4, -0.2) is 58.4 Å². The fourth-order valence-corrected chi connectivity index (χ4v) is 4.15. The summed E-state index contributed by atoms with van der Waals surface area (Å²) in [6, 6.07) is 3.39. The third kappa shape index (κ3) is 3.30. The van der Waals surface area contributed by atoms with E-state index in [2.05, 4.69) is 0 Å². The second-order valence-electron chi connectivity index (χ2n) is 7.46. The molecule has 2 amide bonds. The van der Waals surface area contributed by atoms with E-state index in [9.17, 15) is 23.9 Å². The van der Waals surface area contributed by atoms with Crippen molar-refractivity contribution < 1.29 is 23.9 Å². The fourth-order valence-electron chi connectivity index (χ4n) is 4.15. The summed E-state index contributed by atoms with van der Waals surface area (Å²) < 4.78 is 13.5. The van der Waals surface area contributed by atoms with E-state index < -0.39 is 17.8 Å². The van der Waals surface area contributed by atoms with Gasteiger partial charge in [0.15, 0.2) is 0 Å². The molecule has 140 valence electrons. The number of benzene rings is 1. The maximum absolute atomic E-state index is 13.5. The second-order valence-corrected chi connectivity index (χ2v) is 7.46. The quantitative estimate of drug-likeness (QED) is 0.874. The van der Waals surface area contributed by atoms with Crippen LogP contribution >= 0.6 is 0 Å². The van der Waals surface area contributed by atoms with Crippen LogP contribution in [0.2, 0.25) is 0 Å². The van der Waals surface area contributed by atoms with Crippen molar-refractivity contribution in [3.05, 3.63) is 35.1 Å². The number of halogens is 1. The summed E-state index contributed by atoms with van der Waals surface area (Å²) in [4.78, 5) is 39.1. The molecule has 2 aliphatic heterocycles. The van der Waals surface area contributed by atoms with E-state index in [4.69, 9.17) is 0 Å². The first kappa shape index (κ1) is 18.4. The Morgan fingerprint density at radius 2 is 1.88 bits per heavy atom. The number of carboxylic acids is 1. The number of carbonyl (C=O) groups is 3. The lowest BCUT2D eigenvalue weighted by Gasteiger charge is -2.39. The van der Waals surface area contributed by atoms with Gasteiger partial charge in [-0.15, -0.1) is 0 Å². The van der Waals surface area contributed by atoms with E-state index in [1.54, 1.807) is 17.9 Å². The molecule has 7 heteroatoms. The number of nitrogens with zero attached hydrogens (tertiary/aromatic N) is 2. The van der Waals surface area contributed by atoms with E-state index in [0.29, 0.717) is 44.5 Å². The summed E-state index contributed by atoms with van der Waals surface area (Å²) in [5.41, 5.74) is 0.829. The molecular formula is C19H23FN2O4. The van der Waals surface area contributed by atoms with Gasteiger partial charge in [0.25, 0.3) is 5.91 Å². The Morgan fingerprint density at radius 3 is 2.42 bits per heavy atom. The van der Waals surface area contributed by atoms with Crippen molar-refractivity contribution in [1.82, 2.24) is 9.80 Å². The lowest BCUT2D eigenvalue weighted by molar-refractivity contribution is -0.147. The predicted molar refractivity (Wildman–Crippen MR) is 92.1 cm³/mol. The number of hydrogen-bond acceptors (Lipinski definition) is 3. The Balaban J connectivity index is 1.71. The van der Waals surface area contributed by atoms with Gasteiger partial charge in [-0.1, -0.05) is 6.07 Å². The molecule has 0 radical (unpaired) electrons. The Morgan fingerprint density at radius 1 is 1.23 bits per heavy atom. The van der Waals surface area contributed by atoms with Crippen molar-refractivity contribution in [1.29, 1.82) is 0 Å².